The summed E-state index contributed by atoms with van der Waals surface area (Å²) in [5, 5.41) is 20.1. The van der Waals surface area contributed by atoms with Crippen LogP contribution in [-0.4, -0.2) is 35.6 Å². The van der Waals surface area contributed by atoms with E-state index in [1.165, 1.54) is 25.7 Å². The van der Waals surface area contributed by atoms with Crippen LogP contribution >= 0.6 is 0 Å². The van der Waals surface area contributed by atoms with Crippen LogP contribution in [0.2, 0.25) is 0 Å². The maximum atomic E-state index is 10.1. The number of hydrogen-bond acceptors (Lipinski definition) is 3. The van der Waals surface area contributed by atoms with Crippen molar-refractivity contribution in [2.24, 2.45) is 23.2 Å². The number of ether oxygens (including phenoxy) is 1. The summed E-state index contributed by atoms with van der Waals surface area (Å²) in [6, 6.07) is 0. The summed E-state index contributed by atoms with van der Waals surface area (Å²) in [6.45, 7) is 12.1. The molecule has 3 saturated carbocycles. The summed E-state index contributed by atoms with van der Waals surface area (Å²) < 4.78 is 5.80. The number of fused-ring (bicyclic) bond motifs is 1. The number of allylic oxidation sites excluding steroid dienone is 3. The van der Waals surface area contributed by atoms with E-state index in [0.717, 1.165) is 24.2 Å². The lowest BCUT2D eigenvalue weighted by atomic mass is 9.61. The molecule has 0 heterocycles. The third kappa shape index (κ3) is 4.88. The molecule has 0 radical (unpaired) electrons. The minimum atomic E-state index is -0.617. The molecule has 2 N–H and O–H groups in total. The summed E-state index contributed by atoms with van der Waals surface area (Å²) in [4.78, 5) is 0. The van der Waals surface area contributed by atoms with Gasteiger partial charge in [-0.3, -0.25) is 0 Å². The van der Waals surface area contributed by atoms with Crippen molar-refractivity contribution in [1.29, 1.82) is 0 Å². The highest BCUT2D eigenvalue weighted by atomic mass is 16.5. The van der Waals surface area contributed by atoms with Crippen molar-refractivity contribution in [3.05, 3.63) is 35.5 Å². The first-order valence-electron chi connectivity index (χ1n) is 11.3. The maximum Gasteiger partial charge on any atom is 0.107 e. The number of aliphatic hydroxyl groups is 2. The molecule has 0 saturated heterocycles. The maximum absolute atomic E-state index is 10.1. The minimum Gasteiger partial charge on any atom is -0.393 e. The van der Waals surface area contributed by atoms with Crippen LogP contribution in [0.5, 0.6) is 0 Å². The van der Waals surface area contributed by atoms with Gasteiger partial charge in [-0.15, -0.1) is 5.92 Å². The topological polar surface area (TPSA) is 49.7 Å². The van der Waals surface area contributed by atoms with Crippen LogP contribution in [0.25, 0.3) is 0 Å². The summed E-state index contributed by atoms with van der Waals surface area (Å²) in [6.07, 6.45) is 10.5. The molecule has 0 aromatic rings. The Morgan fingerprint density at radius 3 is 2.86 bits per heavy atom. The third-order valence-electron chi connectivity index (χ3n) is 7.72. The molecule has 0 bridgehead atoms. The first-order chi connectivity index (χ1) is 13.9. The first-order valence-corrected chi connectivity index (χ1v) is 11.3. The van der Waals surface area contributed by atoms with E-state index >= 15 is 0 Å². The van der Waals surface area contributed by atoms with Crippen LogP contribution in [0, 0.1) is 35.0 Å². The molecule has 0 unspecified atom stereocenters. The summed E-state index contributed by atoms with van der Waals surface area (Å²) in [7, 11) is 0. The van der Waals surface area contributed by atoms with Crippen LogP contribution in [0.1, 0.15) is 65.7 Å². The molecule has 0 amide bonds. The van der Waals surface area contributed by atoms with E-state index in [4.69, 9.17) is 4.74 Å². The zero-order valence-corrected chi connectivity index (χ0v) is 18.4. The fourth-order valence-corrected chi connectivity index (χ4v) is 6.16. The normalized spacial score (nSPS) is 38.6. The first kappa shape index (κ1) is 22.3. The van der Waals surface area contributed by atoms with Gasteiger partial charge in [-0.1, -0.05) is 44.1 Å². The molecule has 6 atom stereocenters. The average molecular weight is 399 g/mol. The predicted octanol–water partition coefficient (Wildman–Crippen LogP) is 4.80. The van der Waals surface area contributed by atoms with E-state index < -0.39 is 12.2 Å². The van der Waals surface area contributed by atoms with E-state index in [9.17, 15) is 10.2 Å². The average Bonchev–Trinajstić information content (AvgIpc) is 3.04. The number of rotatable bonds is 5. The third-order valence-corrected chi connectivity index (χ3v) is 7.72. The minimum absolute atomic E-state index is 0.338. The van der Waals surface area contributed by atoms with Gasteiger partial charge in [-0.2, -0.15) is 0 Å². The summed E-state index contributed by atoms with van der Waals surface area (Å²) >= 11 is 0. The quantitative estimate of drug-likeness (QED) is 0.516. The van der Waals surface area contributed by atoms with Gasteiger partial charge in [0, 0.05) is 6.42 Å². The van der Waals surface area contributed by atoms with Gasteiger partial charge in [0.2, 0.25) is 0 Å². The molecule has 3 nitrogen and oxygen atoms in total. The van der Waals surface area contributed by atoms with Crippen molar-refractivity contribution >= 4 is 0 Å². The lowest BCUT2D eigenvalue weighted by Gasteiger charge is -2.44. The molecule has 0 aliphatic heterocycles. The molecule has 29 heavy (non-hydrogen) atoms. The van der Waals surface area contributed by atoms with Crippen LogP contribution in [0.4, 0.5) is 0 Å². The van der Waals surface area contributed by atoms with Gasteiger partial charge in [-0.25, -0.2) is 0 Å². The van der Waals surface area contributed by atoms with Gasteiger partial charge in [0.1, 0.15) is 6.61 Å². The molecule has 3 heteroatoms. The Hall–Kier alpha value is -1.34. The Balaban J connectivity index is 1.72. The van der Waals surface area contributed by atoms with Crippen molar-refractivity contribution in [2.75, 3.05) is 13.2 Å². The smallest absolute Gasteiger partial charge is 0.107 e. The molecular formula is C26H38O3. The predicted molar refractivity (Wildman–Crippen MR) is 118 cm³/mol. The Morgan fingerprint density at radius 2 is 2.10 bits per heavy atom. The van der Waals surface area contributed by atoms with E-state index in [-0.39, 0.29) is 0 Å². The standard InChI is InChI=1S/C26H38O3/c1-5-6-14-29-17-18(2)23-11-12-24-20(8-7-13-26(23,24)4)9-10-21-15-22(27)16-25(28)19(21)3/h9-10,18,22-25,27-28H,3,7-8,11-17H2,1-2,4H3/t18-,22-,23-,24+,25+,26-/m1/s1. The van der Waals surface area contributed by atoms with Gasteiger partial charge < -0.3 is 14.9 Å². The van der Waals surface area contributed by atoms with E-state index in [0.29, 0.717) is 42.6 Å². The summed E-state index contributed by atoms with van der Waals surface area (Å²) in [5.41, 5.74) is 3.66. The van der Waals surface area contributed by atoms with Gasteiger partial charge >= 0.3 is 0 Å². The molecule has 3 aliphatic rings. The highest BCUT2D eigenvalue weighted by Crippen LogP contribution is 2.59. The molecule has 3 aliphatic carbocycles. The monoisotopic (exact) mass is 398 g/mol. The van der Waals surface area contributed by atoms with E-state index in [2.05, 4.69) is 44.4 Å². The molecule has 0 aromatic heterocycles. The molecule has 3 rings (SSSR count). The largest absolute Gasteiger partial charge is 0.393 e. The van der Waals surface area contributed by atoms with Gasteiger partial charge in [0.15, 0.2) is 0 Å². The zero-order valence-electron chi connectivity index (χ0n) is 18.4. The van der Waals surface area contributed by atoms with E-state index in [1.54, 1.807) is 5.57 Å². The van der Waals surface area contributed by atoms with Gasteiger partial charge in [0.25, 0.3) is 0 Å². The molecule has 3 fully saturated rings. The highest BCUT2D eigenvalue weighted by Gasteiger charge is 2.50. The second kappa shape index (κ2) is 9.65. The lowest BCUT2D eigenvalue weighted by Crippen LogP contribution is -2.37. The fraction of sp³-hybridized carbons (Fsp3) is 0.692. The Bertz CT molecular complexity index is 722. The van der Waals surface area contributed by atoms with Crippen molar-refractivity contribution in [2.45, 2.75) is 77.9 Å². The van der Waals surface area contributed by atoms with Crippen LogP contribution in [0.3, 0.4) is 0 Å². The molecule has 160 valence electrons. The Kier molecular flexibility index (Phi) is 7.43. The fourth-order valence-electron chi connectivity index (χ4n) is 6.16. The van der Waals surface area contributed by atoms with Crippen LogP contribution in [-0.2, 0) is 4.74 Å². The lowest BCUT2D eigenvalue weighted by molar-refractivity contribution is 0.0444. The van der Waals surface area contributed by atoms with Crippen LogP contribution < -0.4 is 0 Å². The summed E-state index contributed by atoms with van der Waals surface area (Å²) in [5.74, 6) is 7.75. The Morgan fingerprint density at radius 1 is 1.31 bits per heavy atom. The molecular weight excluding hydrogens is 360 g/mol. The van der Waals surface area contributed by atoms with Crippen LogP contribution in [0.15, 0.2) is 35.5 Å². The second-order valence-corrected chi connectivity index (χ2v) is 9.58. The molecule has 0 spiro atoms. The van der Waals surface area contributed by atoms with Crippen molar-refractivity contribution in [1.82, 2.24) is 0 Å². The van der Waals surface area contributed by atoms with Gasteiger partial charge in [-0.05, 0) is 79.8 Å². The van der Waals surface area contributed by atoms with E-state index in [1.807, 2.05) is 6.92 Å². The van der Waals surface area contributed by atoms with Crippen molar-refractivity contribution in [3.8, 4) is 11.8 Å². The Labute approximate surface area is 176 Å². The second-order valence-electron chi connectivity index (χ2n) is 9.58. The SMILES string of the molecule is C=C1C(=CC=C2CCC[C@]3(C)[C@@H]([C@H](C)COCC#CC)CC[C@@H]23)C[C@@H](O)C[C@@H]1O. The highest BCUT2D eigenvalue weighted by molar-refractivity contribution is 5.38. The van der Waals surface area contributed by atoms with Crippen molar-refractivity contribution < 1.29 is 14.9 Å². The molecule has 0 aromatic carbocycles. The van der Waals surface area contributed by atoms with Gasteiger partial charge in [0.05, 0.1) is 18.8 Å². The number of hydrogen-bond donors (Lipinski definition) is 2. The number of aliphatic hydroxyl groups excluding tert-OH is 2. The zero-order chi connectivity index (χ0) is 21.0. The van der Waals surface area contributed by atoms with Crippen molar-refractivity contribution in [3.63, 3.8) is 0 Å².